The van der Waals surface area contributed by atoms with Crippen molar-refractivity contribution in [3.8, 4) is 0 Å². The molecule has 6 heteroatoms. The van der Waals surface area contributed by atoms with Gasteiger partial charge in [-0.3, -0.25) is 4.99 Å². The largest absolute Gasteiger partial charge is 0.358 e. The molecule has 1 aromatic heterocycles. The molecule has 2 aromatic rings. The molecule has 0 radical (unpaired) electrons. The summed E-state index contributed by atoms with van der Waals surface area (Å²) in [5.41, 5.74) is 3.93. The maximum Gasteiger partial charge on any atom is 0.191 e. The number of fused-ring (bicyclic) bond motifs is 3. The molecule has 1 aliphatic rings. The zero-order chi connectivity index (χ0) is 16.4. The molecule has 1 heterocycles. The van der Waals surface area contributed by atoms with Crippen LogP contribution in [0.5, 0.6) is 0 Å². The lowest BCUT2D eigenvalue weighted by Gasteiger charge is -2.26. The number of hydrogen-bond acceptors (Lipinski definition) is 1. The van der Waals surface area contributed by atoms with Crippen LogP contribution >= 0.6 is 28.6 Å². The zero-order valence-electron chi connectivity index (χ0n) is 14.4. The molecule has 4 nitrogen and oxygen atoms in total. The molecular formula is C18H26BrClN4. The SMILES string of the molecule is Br.CN=C(NCC(C)C)NC1CCc2[nH]c3ccc(Cl)cc3c2C1. The molecule has 0 saturated heterocycles. The molecule has 0 aliphatic heterocycles. The van der Waals surface area contributed by atoms with E-state index in [2.05, 4.69) is 46.6 Å². The van der Waals surface area contributed by atoms with Crippen LogP contribution in [0.25, 0.3) is 10.9 Å². The summed E-state index contributed by atoms with van der Waals surface area (Å²) in [4.78, 5) is 7.88. The first-order valence-corrected chi connectivity index (χ1v) is 8.70. The lowest BCUT2D eigenvalue weighted by atomic mass is 9.91. The summed E-state index contributed by atoms with van der Waals surface area (Å²) in [6.45, 7) is 5.33. The van der Waals surface area contributed by atoms with Crippen LogP contribution in [0.15, 0.2) is 23.2 Å². The number of nitrogens with one attached hydrogen (secondary N) is 3. The second-order valence-corrected chi connectivity index (χ2v) is 7.14. The van der Waals surface area contributed by atoms with Gasteiger partial charge < -0.3 is 15.6 Å². The van der Waals surface area contributed by atoms with Gasteiger partial charge >= 0.3 is 0 Å². The minimum atomic E-state index is 0. The first kappa shape index (κ1) is 19.1. The second-order valence-electron chi connectivity index (χ2n) is 6.70. The fraction of sp³-hybridized carbons (Fsp3) is 0.500. The number of aryl methyl sites for hydroxylation is 1. The summed E-state index contributed by atoms with van der Waals surface area (Å²) in [6, 6.07) is 6.49. The maximum atomic E-state index is 6.17. The highest BCUT2D eigenvalue weighted by Gasteiger charge is 2.23. The standard InChI is InChI=1S/C18H25ClN4.BrH/c1-11(2)10-21-18(20-3)22-13-5-7-17-15(9-13)14-8-12(19)4-6-16(14)23-17;/h4,6,8,11,13,23H,5,7,9-10H2,1-3H3,(H2,20,21,22);1H. The van der Waals surface area contributed by atoms with Gasteiger partial charge in [-0.1, -0.05) is 25.4 Å². The highest BCUT2D eigenvalue weighted by Crippen LogP contribution is 2.30. The minimum absolute atomic E-state index is 0. The third-order valence-electron chi connectivity index (χ3n) is 4.39. The molecule has 3 rings (SSSR count). The van der Waals surface area contributed by atoms with Gasteiger partial charge in [-0.05, 0) is 48.9 Å². The van der Waals surface area contributed by atoms with Crippen LogP contribution in [0.2, 0.25) is 5.02 Å². The van der Waals surface area contributed by atoms with E-state index in [1.54, 1.807) is 0 Å². The Bertz CT molecular complexity index is 723. The lowest BCUT2D eigenvalue weighted by molar-refractivity contribution is 0.513. The number of aromatic nitrogens is 1. The Labute approximate surface area is 159 Å². The highest BCUT2D eigenvalue weighted by atomic mass is 79.9. The normalized spacial score (nSPS) is 17.5. The van der Waals surface area contributed by atoms with Gasteiger partial charge in [-0.15, -0.1) is 17.0 Å². The molecule has 1 aliphatic carbocycles. The van der Waals surface area contributed by atoms with Crippen molar-refractivity contribution in [2.75, 3.05) is 13.6 Å². The van der Waals surface area contributed by atoms with Crippen molar-refractivity contribution in [3.63, 3.8) is 0 Å². The van der Waals surface area contributed by atoms with Crippen LogP contribution < -0.4 is 10.6 Å². The molecule has 3 N–H and O–H groups in total. The Morgan fingerprint density at radius 2 is 2.21 bits per heavy atom. The molecular weight excluding hydrogens is 388 g/mol. The Balaban J connectivity index is 0.00000208. The Kier molecular flexibility index (Phi) is 6.58. The van der Waals surface area contributed by atoms with E-state index in [9.17, 15) is 0 Å². The lowest BCUT2D eigenvalue weighted by Crippen LogP contribution is -2.46. The number of aromatic amines is 1. The first-order valence-electron chi connectivity index (χ1n) is 8.33. The number of aliphatic imine (C=N–C) groups is 1. The molecule has 1 unspecified atom stereocenters. The molecule has 1 aromatic carbocycles. The number of halogens is 2. The average Bonchev–Trinajstić information content (AvgIpc) is 2.88. The van der Waals surface area contributed by atoms with Gasteiger partial charge in [0.2, 0.25) is 0 Å². The molecule has 0 fully saturated rings. The Hall–Kier alpha value is -1.20. The zero-order valence-corrected chi connectivity index (χ0v) is 16.9. The van der Waals surface area contributed by atoms with E-state index in [-0.39, 0.29) is 17.0 Å². The van der Waals surface area contributed by atoms with Crippen molar-refractivity contribution in [3.05, 3.63) is 34.5 Å². The number of rotatable bonds is 3. The summed E-state index contributed by atoms with van der Waals surface area (Å²) >= 11 is 6.17. The van der Waals surface area contributed by atoms with Crippen LogP contribution in [-0.4, -0.2) is 30.6 Å². The van der Waals surface area contributed by atoms with Crippen LogP contribution in [0, 0.1) is 5.92 Å². The molecule has 0 bridgehead atoms. The van der Waals surface area contributed by atoms with E-state index in [4.69, 9.17) is 11.6 Å². The number of nitrogens with zero attached hydrogens (tertiary/aromatic N) is 1. The summed E-state index contributed by atoms with van der Waals surface area (Å²) in [7, 11) is 1.83. The van der Waals surface area contributed by atoms with E-state index < -0.39 is 0 Å². The molecule has 1 atom stereocenters. The maximum absolute atomic E-state index is 6.17. The van der Waals surface area contributed by atoms with E-state index >= 15 is 0 Å². The quantitative estimate of drug-likeness (QED) is 0.524. The average molecular weight is 414 g/mol. The fourth-order valence-electron chi connectivity index (χ4n) is 3.20. The number of benzene rings is 1. The smallest absolute Gasteiger partial charge is 0.191 e. The predicted molar refractivity (Wildman–Crippen MR) is 109 cm³/mol. The summed E-state index contributed by atoms with van der Waals surface area (Å²) in [5, 5.41) is 9.00. The van der Waals surface area contributed by atoms with Crippen molar-refractivity contribution in [1.29, 1.82) is 0 Å². The van der Waals surface area contributed by atoms with Crippen LogP contribution in [-0.2, 0) is 12.8 Å². The van der Waals surface area contributed by atoms with Gasteiger partial charge in [-0.25, -0.2) is 0 Å². The molecule has 0 saturated carbocycles. The van der Waals surface area contributed by atoms with Crippen molar-refractivity contribution >= 4 is 45.4 Å². The Morgan fingerprint density at radius 3 is 2.92 bits per heavy atom. The summed E-state index contributed by atoms with van der Waals surface area (Å²) < 4.78 is 0. The van der Waals surface area contributed by atoms with Gasteiger partial charge in [0, 0.05) is 41.3 Å². The van der Waals surface area contributed by atoms with Crippen LogP contribution in [0.3, 0.4) is 0 Å². The van der Waals surface area contributed by atoms with Gasteiger partial charge in [0.05, 0.1) is 0 Å². The summed E-state index contributed by atoms with van der Waals surface area (Å²) in [6.07, 6.45) is 3.16. The topological polar surface area (TPSA) is 52.2 Å². The third kappa shape index (κ3) is 4.25. The molecule has 24 heavy (non-hydrogen) atoms. The predicted octanol–water partition coefficient (Wildman–Crippen LogP) is 4.08. The molecule has 132 valence electrons. The van der Waals surface area contributed by atoms with E-state index in [1.807, 2.05) is 13.1 Å². The summed E-state index contributed by atoms with van der Waals surface area (Å²) in [5.74, 6) is 1.49. The Morgan fingerprint density at radius 1 is 1.42 bits per heavy atom. The van der Waals surface area contributed by atoms with E-state index in [0.29, 0.717) is 12.0 Å². The van der Waals surface area contributed by atoms with Gasteiger partial charge in [0.1, 0.15) is 0 Å². The first-order chi connectivity index (χ1) is 11.1. The fourth-order valence-corrected chi connectivity index (χ4v) is 3.37. The van der Waals surface area contributed by atoms with Crippen LogP contribution in [0.1, 0.15) is 31.5 Å². The molecule has 0 spiro atoms. The monoisotopic (exact) mass is 412 g/mol. The van der Waals surface area contributed by atoms with E-state index in [0.717, 1.165) is 36.8 Å². The number of H-pyrrole nitrogens is 1. The van der Waals surface area contributed by atoms with Gasteiger partial charge in [0.15, 0.2) is 5.96 Å². The molecule has 0 amide bonds. The third-order valence-corrected chi connectivity index (χ3v) is 4.63. The minimum Gasteiger partial charge on any atom is -0.358 e. The van der Waals surface area contributed by atoms with Gasteiger partial charge in [-0.2, -0.15) is 0 Å². The van der Waals surface area contributed by atoms with Crippen LogP contribution in [0.4, 0.5) is 0 Å². The number of guanidine groups is 1. The van der Waals surface area contributed by atoms with Crippen molar-refractivity contribution in [2.45, 2.75) is 39.2 Å². The van der Waals surface area contributed by atoms with Gasteiger partial charge in [0.25, 0.3) is 0 Å². The van der Waals surface area contributed by atoms with Crippen molar-refractivity contribution in [1.82, 2.24) is 15.6 Å². The van der Waals surface area contributed by atoms with E-state index in [1.165, 1.54) is 22.2 Å². The number of hydrogen-bond donors (Lipinski definition) is 3. The van der Waals surface area contributed by atoms with Crippen molar-refractivity contribution in [2.24, 2.45) is 10.9 Å². The van der Waals surface area contributed by atoms with Crippen molar-refractivity contribution < 1.29 is 0 Å². The second kappa shape index (κ2) is 8.26. The highest BCUT2D eigenvalue weighted by molar-refractivity contribution is 8.93.